The summed E-state index contributed by atoms with van der Waals surface area (Å²) in [6, 6.07) is 9.54. The van der Waals surface area contributed by atoms with E-state index in [1.54, 1.807) is 13.0 Å². The van der Waals surface area contributed by atoms with Crippen molar-refractivity contribution in [2.45, 2.75) is 27.3 Å². The van der Waals surface area contributed by atoms with E-state index in [0.29, 0.717) is 17.2 Å². The molecule has 2 aromatic heterocycles. The highest BCUT2D eigenvalue weighted by molar-refractivity contribution is 5.91. The monoisotopic (exact) mass is 337 g/mol. The lowest BCUT2D eigenvalue weighted by atomic mass is 10.1. The number of esters is 1. The van der Waals surface area contributed by atoms with Crippen LogP contribution in [0.15, 0.2) is 35.0 Å². The second kappa shape index (κ2) is 6.81. The van der Waals surface area contributed by atoms with Crippen molar-refractivity contribution in [3.05, 3.63) is 41.7 Å². The van der Waals surface area contributed by atoms with Crippen molar-refractivity contribution in [2.24, 2.45) is 5.92 Å². The van der Waals surface area contributed by atoms with Gasteiger partial charge in [0.2, 0.25) is 0 Å². The fourth-order valence-corrected chi connectivity index (χ4v) is 2.80. The maximum absolute atomic E-state index is 11.7. The Hall–Kier alpha value is -3.07. The van der Waals surface area contributed by atoms with Gasteiger partial charge in [-0.1, -0.05) is 19.0 Å². The molecule has 0 spiro atoms. The molecule has 6 nitrogen and oxygen atoms in total. The van der Waals surface area contributed by atoms with E-state index >= 15 is 0 Å². The number of nitriles is 1. The number of ether oxygens (including phenoxy) is 1. The summed E-state index contributed by atoms with van der Waals surface area (Å²) in [6.07, 6.45) is 1.87. The van der Waals surface area contributed by atoms with E-state index in [0.717, 1.165) is 23.0 Å². The van der Waals surface area contributed by atoms with Crippen molar-refractivity contribution in [3.63, 3.8) is 0 Å². The maximum atomic E-state index is 11.7. The highest BCUT2D eigenvalue weighted by Crippen LogP contribution is 2.29. The first-order chi connectivity index (χ1) is 12.0. The van der Waals surface area contributed by atoms with Gasteiger partial charge in [-0.15, -0.1) is 0 Å². The molecule has 25 heavy (non-hydrogen) atoms. The fraction of sp³-hybridized carbons (Fsp3) is 0.316. The molecule has 3 aromatic rings. The number of hydrogen-bond donors (Lipinski definition) is 0. The normalized spacial score (nSPS) is 11.0. The van der Waals surface area contributed by atoms with Gasteiger partial charge in [0.05, 0.1) is 12.2 Å². The third-order valence-electron chi connectivity index (χ3n) is 3.84. The Morgan fingerprint density at radius 3 is 2.88 bits per heavy atom. The molecule has 0 atom stereocenters. The van der Waals surface area contributed by atoms with Crippen molar-refractivity contribution in [2.75, 3.05) is 6.61 Å². The van der Waals surface area contributed by atoms with Crippen LogP contribution in [0, 0.1) is 17.2 Å². The van der Waals surface area contributed by atoms with Gasteiger partial charge in [-0.25, -0.2) is 4.79 Å². The Labute approximate surface area is 145 Å². The van der Waals surface area contributed by atoms with E-state index < -0.39 is 5.97 Å². The predicted molar refractivity (Wildman–Crippen MR) is 92.9 cm³/mol. The second-order valence-corrected chi connectivity index (χ2v) is 6.23. The van der Waals surface area contributed by atoms with E-state index in [-0.39, 0.29) is 12.3 Å². The summed E-state index contributed by atoms with van der Waals surface area (Å²) >= 11 is 0. The number of nitrogens with zero attached hydrogens (tertiary/aromatic N) is 3. The molecule has 0 aliphatic heterocycles. The molecule has 6 heteroatoms. The van der Waals surface area contributed by atoms with E-state index in [1.165, 1.54) is 0 Å². The molecule has 0 bridgehead atoms. The van der Waals surface area contributed by atoms with E-state index in [4.69, 9.17) is 9.26 Å². The van der Waals surface area contributed by atoms with Crippen LogP contribution in [-0.4, -0.2) is 22.3 Å². The van der Waals surface area contributed by atoms with Gasteiger partial charge >= 0.3 is 5.97 Å². The van der Waals surface area contributed by atoms with Crippen LogP contribution < -0.4 is 0 Å². The highest BCUT2D eigenvalue weighted by Gasteiger charge is 2.16. The molecule has 0 unspecified atom stereocenters. The Kier molecular flexibility index (Phi) is 4.57. The Balaban J connectivity index is 2.02. The van der Waals surface area contributed by atoms with Crippen molar-refractivity contribution in [1.82, 2.24) is 9.72 Å². The first kappa shape index (κ1) is 16.8. The number of carbonyl (C=O) groups is 1. The van der Waals surface area contributed by atoms with Crippen LogP contribution in [0.1, 0.15) is 36.8 Å². The average Bonchev–Trinajstić information content (AvgIpc) is 3.19. The molecule has 128 valence electrons. The zero-order chi connectivity index (χ0) is 18.0. The van der Waals surface area contributed by atoms with Gasteiger partial charge in [0.15, 0.2) is 11.5 Å². The lowest BCUT2D eigenvalue weighted by Gasteiger charge is -2.08. The third-order valence-corrected chi connectivity index (χ3v) is 3.84. The Bertz CT molecular complexity index is 960. The fourth-order valence-electron chi connectivity index (χ4n) is 2.80. The number of benzene rings is 1. The molecule has 0 fully saturated rings. The number of fused-ring (bicyclic) bond motifs is 1. The van der Waals surface area contributed by atoms with E-state index in [2.05, 4.69) is 29.6 Å². The summed E-state index contributed by atoms with van der Waals surface area (Å²) in [6.45, 7) is 7.13. The van der Waals surface area contributed by atoms with Gasteiger partial charge in [-0.2, -0.15) is 5.26 Å². The molecule has 1 aromatic carbocycles. The first-order valence-corrected chi connectivity index (χ1v) is 8.20. The minimum absolute atomic E-state index is 0.134. The van der Waals surface area contributed by atoms with Gasteiger partial charge < -0.3 is 13.8 Å². The van der Waals surface area contributed by atoms with Crippen LogP contribution in [0.25, 0.3) is 22.2 Å². The van der Waals surface area contributed by atoms with E-state index in [1.807, 2.05) is 24.4 Å². The van der Waals surface area contributed by atoms with Crippen molar-refractivity contribution < 1.29 is 14.1 Å². The molecule has 2 heterocycles. The molecular weight excluding hydrogens is 318 g/mol. The summed E-state index contributed by atoms with van der Waals surface area (Å²) in [5.74, 6) is 0.424. The van der Waals surface area contributed by atoms with Crippen molar-refractivity contribution in [3.8, 4) is 17.4 Å². The first-order valence-electron chi connectivity index (χ1n) is 8.20. The van der Waals surface area contributed by atoms with Crippen LogP contribution in [0.5, 0.6) is 0 Å². The minimum Gasteiger partial charge on any atom is -0.461 e. The van der Waals surface area contributed by atoms with E-state index in [9.17, 15) is 10.1 Å². The predicted octanol–water partition coefficient (Wildman–Crippen LogP) is 4.00. The van der Waals surface area contributed by atoms with Gasteiger partial charge in [0.25, 0.3) is 0 Å². The van der Waals surface area contributed by atoms with Gasteiger partial charge in [0.1, 0.15) is 6.07 Å². The van der Waals surface area contributed by atoms with Crippen LogP contribution in [0.4, 0.5) is 0 Å². The molecule has 0 N–H and O–H groups in total. The molecule has 0 aliphatic carbocycles. The summed E-state index contributed by atoms with van der Waals surface area (Å²) in [5, 5.41) is 14.0. The second-order valence-electron chi connectivity index (χ2n) is 6.23. The zero-order valence-electron chi connectivity index (χ0n) is 14.4. The minimum atomic E-state index is -0.514. The number of carbonyl (C=O) groups excluding carboxylic acids is 1. The number of hydrogen-bond acceptors (Lipinski definition) is 5. The maximum Gasteiger partial charge on any atom is 0.360 e. The molecular formula is C19H19N3O3. The Morgan fingerprint density at radius 1 is 1.40 bits per heavy atom. The van der Waals surface area contributed by atoms with Crippen LogP contribution in [-0.2, 0) is 11.3 Å². The molecule has 0 saturated heterocycles. The molecule has 3 rings (SSSR count). The zero-order valence-corrected chi connectivity index (χ0v) is 14.4. The van der Waals surface area contributed by atoms with Crippen molar-refractivity contribution in [1.29, 1.82) is 5.26 Å². The summed E-state index contributed by atoms with van der Waals surface area (Å²) in [7, 11) is 0. The van der Waals surface area contributed by atoms with Crippen LogP contribution in [0.2, 0.25) is 0 Å². The van der Waals surface area contributed by atoms with Gasteiger partial charge in [-0.05, 0) is 31.0 Å². The lowest BCUT2D eigenvalue weighted by Crippen LogP contribution is -2.04. The summed E-state index contributed by atoms with van der Waals surface area (Å²) in [5.41, 5.74) is 2.51. The summed E-state index contributed by atoms with van der Waals surface area (Å²) in [4.78, 5) is 11.7. The molecule has 0 saturated carbocycles. The largest absolute Gasteiger partial charge is 0.461 e. The SMILES string of the molecule is CCOC(=O)c1cc(-c2ccc3c(c2)c(C#N)cn3CC(C)C)on1. The molecule has 0 aliphatic rings. The topological polar surface area (TPSA) is 81.0 Å². The van der Waals surface area contributed by atoms with Gasteiger partial charge in [0, 0.05) is 35.3 Å². The quantitative estimate of drug-likeness (QED) is 0.657. The highest BCUT2D eigenvalue weighted by atomic mass is 16.5. The summed E-state index contributed by atoms with van der Waals surface area (Å²) < 4.78 is 12.3. The van der Waals surface area contributed by atoms with Crippen LogP contribution in [0.3, 0.4) is 0 Å². The Morgan fingerprint density at radius 2 is 2.20 bits per heavy atom. The standard InChI is InChI=1S/C19H19N3O3/c1-4-24-19(23)16-8-18(25-21-16)13-5-6-17-15(7-13)14(9-20)11-22(17)10-12(2)3/h5-8,11-12H,4,10H2,1-3H3. The molecule has 0 radical (unpaired) electrons. The molecule has 0 amide bonds. The van der Waals surface area contributed by atoms with Gasteiger partial charge in [-0.3, -0.25) is 0 Å². The average molecular weight is 337 g/mol. The number of rotatable bonds is 5. The third kappa shape index (κ3) is 3.26. The number of aromatic nitrogens is 2. The van der Waals surface area contributed by atoms with Crippen molar-refractivity contribution >= 4 is 16.9 Å². The van der Waals surface area contributed by atoms with Crippen LogP contribution >= 0.6 is 0 Å². The smallest absolute Gasteiger partial charge is 0.360 e. The lowest BCUT2D eigenvalue weighted by molar-refractivity contribution is 0.0514.